The topological polar surface area (TPSA) is 54.2 Å². The molecule has 0 spiro atoms. The zero-order valence-electron chi connectivity index (χ0n) is 10.5. The van der Waals surface area contributed by atoms with Crippen molar-refractivity contribution in [3.05, 3.63) is 16.1 Å². The van der Waals surface area contributed by atoms with Gasteiger partial charge in [-0.05, 0) is 32.9 Å². The number of aryl methyl sites for hydroxylation is 1. The Hall–Kier alpha value is -0.490. The Bertz CT molecular complexity index is 331. The molecule has 3 N–H and O–H groups in total. The van der Waals surface area contributed by atoms with Gasteiger partial charge in [-0.15, -0.1) is 11.3 Å². The largest absolute Gasteiger partial charge is 0.328 e. The third-order valence-corrected chi connectivity index (χ3v) is 4.12. The molecule has 1 aromatic rings. The van der Waals surface area contributed by atoms with E-state index in [9.17, 15) is 0 Å². The van der Waals surface area contributed by atoms with E-state index in [1.807, 2.05) is 13.1 Å². The van der Waals surface area contributed by atoms with Crippen LogP contribution in [-0.2, 0) is 6.54 Å². The van der Waals surface area contributed by atoms with Crippen molar-refractivity contribution < 1.29 is 0 Å². The number of hydrogen-bond acceptors (Lipinski definition) is 5. The number of thiazole rings is 1. The van der Waals surface area contributed by atoms with Crippen LogP contribution in [0.15, 0.2) is 6.20 Å². The van der Waals surface area contributed by atoms with Gasteiger partial charge in [-0.2, -0.15) is 0 Å². The first-order chi connectivity index (χ1) is 8.24. The smallest absolute Gasteiger partial charge is 0.0897 e. The molecule has 96 valence electrons. The number of nitrogens with one attached hydrogen (secondary N) is 1. The summed E-state index contributed by atoms with van der Waals surface area (Å²) in [6.07, 6.45) is 4.26. The van der Waals surface area contributed by atoms with Crippen LogP contribution < -0.4 is 11.1 Å². The standard InChI is InChI=1S/C12H22N4S/c1-10-15-9-12(17-10)8-14-4-7-16-5-2-11(13)3-6-16/h9,11,14H,2-8,13H2,1H3. The van der Waals surface area contributed by atoms with Crippen molar-refractivity contribution in [2.45, 2.75) is 32.4 Å². The van der Waals surface area contributed by atoms with Gasteiger partial charge in [-0.3, -0.25) is 0 Å². The highest BCUT2D eigenvalue weighted by atomic mass is 32.1. The lowest BCUT2D eigenvalue weighted by Gasteiger charge is -2.29. The van der Waals surface area contributed by atoms with E-state index in [4.69, 9.17) is 5.73 Å². The molecule has 0 amide bonds. The van der Waals surface area contributed by atoms with E-state index in [2.05, 4.69) is 15.2 Å². The minimum Gasteiger partial charge on any atom is -0.328 e. The molecule has 1 aromatic heterocycles. The minimum atomic E-state index is 0.430. The molecule has 1 fully saturated rings. The summed E-state index contributed by atoms with van der Waals surface area (Å²) >= 11 is 1.77. The van der Waals surface area contributed by atoms with Crippen molar-refractivity contribution in [2.75, 3.05) is 26.2 Å². The van der Waals surface area contributed by atoms with Crippen LogP contribution >= 0.6 is 11.3 Å². The molecule has 2 rings (SSSR count). The Balaban J connectivity index is 1.57. The van der Waals surface area contributed by atoms with Crippen LogP contribution in [0.3, 0.4) is 0 Å². The summed E-state index contributed by atoms with van der Waals surface area (Å²) in [4.78, 5) is 8.06. The van der Waals surface area contributed by atoms with Crippen molar-refractivity contribution in [3.8, 4) is 0 Å². The Kier molecular flexibility index (Phi) is 4.91. The summed E-state index contributed by atoms with van der Waals surface area (Å²) in [6.45, 7) is 7.48. The number of piperidine rings is 1. The van der Waals surface area contributed by atoms with Crippen LogP contribution in [0.25, 0.3) is 0 Å². The van der Waals surface area contributed by atoms with Crippen LogP contribution in [0.1, 0.15) is 22.7 Å². The zero-order chi connectivity index (χ0) is 12.1. The molecular formula is C12H22N4S. The molecule has 0 aliphatic carbocycles. The average Bonchev–Trinajstić information content (AvgIpc) is 2.73. The van der Waals surface area contributed by atoms with E-state index in [1.54, 1.807) is 11.3 Å². The summed E-state index contributed by atoms with van der Waals surface area (Å²) < 4.78 is 0. The Morgan fingerprint density at radius 2 is 2.29 bits per heavy atom. The quantitative estimate of drug-likeness (QED) is 0.769. The van der Waals surface area contributed by atoms with Crippen LogP contribution in [-0.4, -0.2) is 42.1 Å². The SMILES string of the molecule is Cc1ncc(CNCCN2CCC(N)CC2)s1. The van der Waals surface area contributed by atoms with Crippen molar-refractivity contribution in [2.24, 2.45) is 5.73 Å². The molecule has 5 heteroatoms. The van der Waals surface area contributed by atoms with E-state index in [0.717, 1.165) is 50.6 Å². The van der Waals surface area contributed by atoms with Crippen molar-refractivity contribution in [1.29, 1.82) is 0 Å². The molecule has 0 bridgehead atoms. The Labute approximate surface area is 107 Å². The maximum absolute atomic E-state index is 5.88. The molecule has 2 heterocycles. The molecule has 1 aliphatic heterocycles. The maximum atomic E-state index is 5.88. The number of rotatable bonds is 5. The molecule has 17 heavy (non-hydrogen) atoms. The number of nitrogens with zero attached hydrogens (tertiary/aromatic N) is 2. The van der Waals surface area contributed by atoms with Gasteiger partial charge in [-0.1, -0.05) is 0 Å². The predicted molar refractivity (Wildman–Crippen MR) is 72.2 cm³/mol. The first kappa shape index (κ1) is 13.0. The fourth-order valence-corrected chi connectivity index (χ4v) is 2.88. The zero-order valence-corrected chi connectivity index (χ0v) is 11.3. The second kappa shape index (κ2) is 6.44. The second-order valence-electron chi connectivity index (χ2n) is 4.70. The first-order valence-corrected chi connectivity index (χ1v) is 7.15. The number of likely N-dealkylation sites (tertiary alicyclic amines) is 1. The van der Waals surface area contributed by atoms with Crippen LogP contribution in [0, 0.1) is 6.92 Å². The van der Waals surface area contributed by atoms with Crippen LogP contribution in [0.4, 0.5) is 0 Å². The predicted octanol–water partition coefficient (Wildman–Crippen LogP) is 0.964. The van der Waals surface area contributed by atoms with E-state index in [1.165, 1.54) is 4.88 Å². The Morgan fingerprint density at radius 3 is 2.94 bits per heavy atom. The average molecular weight is 254 g/mol. The summed E-state index contributed by atoms with van der Waals surface area (Å²) in [5.41, 5.74) is 5.88. The van der Waals surface area contributed by atoms with Gasteiger partial charge in [0.25, 0.3) is 0 Å². The fourth-order valence-electron chi connectivity index (χ4n) is 2.11. The molecule has 4 nitrogen and oxygen atoms in total. The normalized spacial score (nSPS) is 18.7. The van der Waals surface area contributed by atoms with Gasteiger partial charge in [0.15, 0.2) is 0 Å². The lowest BCUT2D eigenvalue weighted by Crippen LogP contribution is -2.42. The van der Waals surface area contributed by atoms with Gasteiger partial charge >= 0.3 is 0 Å². The van der Waals surface area contributed by atoms with Crippen molar-refractivity contribution >= 4 is 11.3 Å². The highest BCUT2D eigenvalue weighted by molar-refractivity contribution is 7.11. The first-order valence-electron chi connectivity index (χ1n) is 6.34. The third kappa shape index (κ3) is 4.35. The van der Waals surface area contributed by atoms with Gasteiger partial charge in [0.05, 0.1) is 5.01 Å². The molecule has 1 aliphatic rings. The molecule has 0 atom stereocenters. The third-order valence-electron chi connectivity index (χ3n) is 3.21. The summed E-state index contributed by atoms with van der Waals surface area (Å²) in [6, 6.07) is 0.430. The molecular weight excluding hydrogens is 232 g/mol. The molecule has 0 aromatic carbocycles. The maximum Gasteiger partial charge on any atom is 0.0897 e. The molecule has 0 radical (unpaired) electrons. The number of aromatic nitrogens is 1. The monoisotopic (exact) mass is 254 g/mol. The van der Waals surface area contributed by atoms with Crippen LogP contribution in [0.5, 0.6) is 0 Å². The summed E-state index contributed by atoms with van der Waals surface area (Å²) in [5.74, 6) is 0. The highest BCUT2D eigenvalue weighted by Gasteiger charge is 2.14. The second-order valence-corrected chi connectivity index (χ2v) is 6.02. The van der Waals surface area contributed by atoms with Gasteiger partial charge < -0.3 is 16.0 Å². The van der Waals surface area contributed by atoms with Gasteiger partial charge in [0.2, 0.25) is 0 Å². The van der Waals surface area contributed by atoms with Gasteiger partial charge in [-0.25, -0.2) is 4.98 Å². The number of nitrogens with two attached hydrogens (primary N) is 1. The highest BCUT2D eigenvalue weighted by Crippen LogP contribution is 2.10. The van der Waals surface area contributed by atoms with Gasteiger partial charge in [0, 0.05) is 36.8 Å². The van der Waals surface area contributed by atoms with Gasteiger partial charge in [0.1, 0.15) is 0 Å². The van der Waals surface area contributed by atoms with Crippen molar-refractivity contribution in [3.63, 3.8) is 0 Å². The molecule has 1 saturated heterocycles. The summed E-state index contributed by atoms with van der Waals surface area (Å²) in [7, 11) is 0. The Morgan fingerprint density at radius 1 is 1.53 bits per heavy atom. The lowest BCUT2D eigenvalue weighted by molar-refractivity contribution is 0.213. The van der Waals surface area contributed by atoms with Crippen molar-refractivity contribution in [1.82, 2.24) is 15.2 Å². The minimum absolute atomic E-state index is 0.430. The summed E-state index contributed by atoms with van der Waals surface area (Å²) in [5, 5.41) is 4.62. The fraction of sp³-hybridized carbons (Fsp3) is 0.750. The molecule has 0 unspecified atom stereocenters. The molecule has 0 saturated carbocycles. The van der Waals surface area contributed by atoms with E-state index in [-0.39, 0.29) is 0 Å². The van der Waals surface area contributed by atoms with E-state index in [0.29, 0.717) is 6.04 Å². The number of hydrogen-bond donors (Lipinski definition) is 2. The van der Waals surface area contributed by atoms with E-state index >= 15 is 0 Å². The van der Waals surface area contributed by atoms with E-state index < -0.39 is 0 Å². The van der Waals surface area contributed by atoms with Crippen LogP contribution in [0.2, 0.25) is 0 Å². The lowest BCUT2D eigenvalue weighted by atomic mass is 10.1.